The van der Waals surface area contributed by atoms with E-state index in [0.717, 1.165) is 0 Å². The largest absolute Gasteiger partial charge is 0.491 e. The lowest BCUT2D eigenvalue weighted by Gasteiger charge is -2.09. The summed E-state index contributed by atoms with van der Waals surface area (Å²) in [4.78, 5) is 20.7. The molecule has 0 fully saturated rings. The van der Waals surface area contributed by atoms with Crippen molar-refractivity contribution < 1.29 is 9.13 Å². The summed E-state index contributed by atoms with van der Waals surface area (Å²) in [6, 6.07) is 6.33. The number of hydrogen-bond acceptors (Lipinski definition) is 6. The second kappa shape index (κ2) is 8.24. The summed E-state index contributed by atoms with van der Waals surface area (Å²) in [7, 11) is 1.79. The molecule has 30 heavy (non-hydrogen) atoms. The lowest BCUT2D eigenvalue weighted by Crippen LogP contribution is -2.16. The van der Waals surface area contributed by atoms with Gasteiger partial charge < -0.3 is 4.74 Å². The average Bonchev–Trinajstić information content (AvgIpc) is 3.18. The third kappa shape index (κ3) is 3.95. The average molecular weight is 406 g/mol. The molecule has 4 rings (SSSR count). The van der Waals surface area contributed by atoms with Gasteiger partial charge in [0.25, 0.3) is 0 Å². The fourth-order valence-electron chi connectivity index (χ4n) is 3.01. The van der Waals surface area contributed by atoms with Crippen LogP contribution in [0.1, 0.15) is 18.2 Å². The summed E-state index contributed by atoms with van der Waals surface area (Å²) in [5.41, 5.74) is 1.25. The minimum absolute atomic E-state index is 0.0383. The van der Waals surface area contributed by atoms with E-state index >= 15 is 4.39 Å². The van der Waals surface area contributed by atoms with Crippen molar-refractivity contribution in [2.24, 2.45) is 7.05 Å². The number of halogens is 1. The van der Waals surface area contributed by atoms with E-state index in [4.69, 9.17) is 4.74 Å². The van der Waals surface area contributed by atoms with E-state index in [2.05, 4.69) is 20.2 Å². The fourth-order valence-corrected chi connectivity index (χ4v) is 3.01. The zero-order valence-corrected chi connectivity index (χ0v) is 16.5. The minimum atomic E-state index is -0.486. The van der Waals surface area contributed by atoms with Crippen molar-refractivity contribution in [2.45, 2.75) is 13.3 Å². The van der Waals surface area contributed by atoms with E-state index in [1.807, 2.05) is 6.92 Å². The van der Waals surface area contributed by atoms with Gasteiger partial charge in [-0.05, 0) is 18.6 Å². The smallest absolute Gasteiger partial charge is 0.203 e. The Bertz CT molecular complexity index is 1230. The molecule has 3 aromatic heterocycles. The highest BCUT2D eigenvalue weighted by Crippen LogP contribution is 2.24. The molecule has 0 aliphatic rings. The van der Waals surface area contributed by atoms with Crippen LogP contribution in [0.4, 0.5) is 4.39 Å². The highest BCUT2D eigenvalue weighted by atomic mass is 19.1. The van der Waals surface area contributed by atoms with Crippen molar-refractivity contribution >= 4 is 0 Å². The van der Waals surface area contributed by atoms with Gasteiger partial charge >= 0.3 is 0 Å². The first kappa shape index (κ1) is 19.4. The molecule has 0 N–H and O–H groups in total. The van der Waals surface area contributed by atoms with Crippen LogP contribution in [0.25, 0.3) is 17.1 Å². The number of benzene rings is 1. The van der Waals surface area contributed by atoms with Crippen molar-refractivity contribution in [1.29, 1.82) is 0 Å². The van der Waals surface area contributed by atoms with Gasteiger partial charge in [-0.1, -0.05) is 12.1 Å². The predicted octanol–water partition coefficient (Wildman–Crippen LogP) is 2.55. The van der Waals surface area contributed by atoms with Gasteiger partial charge in [0.2, 0.25) is 5.43 Å². The van der Waals surface area contributed by atoms with Crippen LogP contribution >= 0.6 is 0 Å². The summed E-state index contributed by atoms with van der Waals surface area (Å²) in [5, 5.41) is 8.46. The van der Waals surface area contributed by atoms with Gasteiger partial charge in [0.15, 0.2) is 11.6 Å². The van der Waals surface area contributed by atoms with Gasteiger partial charge in [-0.25, -0.2) is 19.0 Å². The zero-order chi connectivity index (χ0) is 21.1. The first-order chi connectivity index (χ1) is 14.5. The third-order valence-corrected chi connectivity index (χ3v) is 4.45. The van der Waals surface area contributed by atoms with Gasteiger partial charge in [0, 0.05) is 25.7 Å². The molecule has 0 aliphatic carbocycles. The Hall–Kier alpha value is -3.88. The number of ether oxygens (including phenoxy) is 1. The fraction of sp³-hybridized carbons (Fsp3) is 0.190. The maximum atomic E-state index is 15.2. The Balaban J connectivity index is 1.66. The molecule has 152 valence electrons. The second-order valence-electron chi connectivity index (χ2n) is 6.57. The van der Waals surface area contributed by atoms with Gasteiger partial charge in [-0.2, -0.15) is 10.2 Å². The second-order valence-corrected chi connectivity index (χ2v) is 6.57. The maximum absolute atomic E-state index is 15.2. The summed E-state index contributed by atoms with van der Waals surface area (Å²) < 4.78 is 23.7. The Morgan fingerprint density at radius 3 is 2.63 bits per heavy atom. The molecule has 0 amide bonds. The van der Waals surface area contributed by atoms with E-state index in [0.29, 0.717) is 23.6 Å². The van der Waals surface area contributed by atoms with Crippen molar-refractivity contribution in [3.05, 3.63) is 82.5 Å². The van der Waals surface area contributed by atoms with Crippen LogP contribution in [-0.2, 0) is 13.5 Å². The van der Waals surface area contributed by atoms with Crippen molar-refractivity contribution in [1.82, 2.24) is 29.5 Å². The molecule has 9 heteroatoms. The Labute approximate surface area is 171 Å². The number of aryl methyl sites for hydroxylation is 1. The highest BCUT2D eigenvalue weighted by molar-refractivity contribution is 5.57. The van der Waals surface area contributed by atoms with E-state index < -0.39 is 5.82 Å². The standard InChI is InChI=1S/C21H19FN6O2/c1-3-30-16-11-23-21(24-12-16)17-6-4-5-14(20(17)22)9-18-19(29)7-8-28(26-18)15-10-25-27(2)13-15/h4-8,10-13H,3,9H2,1-2H3. The summed E-state index contributed by atoms with van der Waals surface area (Å²) >= 11 is 0. The van der Waals surface area contributed by atoms with Crippen molar-refractivity contribution in [3.8, 4) is 22.8 Å². The maximum Gasteiger partial charge on any atom is 0.203 e. The Kier molecular flexibility index (Phi) is 5.34. The lowest BCUT2D eigenvalue weighted by molar-refractivity contribution is 0.337. The summed E-state index contributed by atoms with van der Waals surface area (Å²) in [6.07, 6.45) is 8.00. The number of hydrogen-bond donors (Lipinski definition) is 0. The Morgan fingerprint density at radius 2 is 1.93 bits per heavy atom. The molecule has 1 aromatic carbocycles. The van der Waals surface area contributed by atoms with Crippen LogP contribution in [0.5, 0.6) is 5.75 Å². The highest BCUT2D eigenvalue weighted by Gasteiger charge is 2.15. The molecule has 0 atom stereocenters. The Morgan fingerprint density at radius 1 is 1.13 bits per heavy atom. The quantitative estimate of drug-likeness (QED) is 0.489. The van der Waals surface area contributed by atoms with E-state index in [1.165, 1.54) is 18.5 Å². The predicted molar refractivity (Wildman–Crippen MR) is 108 cm³/mol. The molecule has 0 bridgehead atoms. The molecule has 0 aliphatic heterocycles. The monoisotopic (exact) mass is 406 g/mol. The van der Waals surface area contributed by atoms with Crippen molar-refractivity contribution in [2.75, 3.05) is 6.61 Å². The lowest BCUT2D eigenvalue weighted by atomic mass is 10.0. The SMILES string of the molecule is CCOc1cnc(-c2cccc(Cc3nn(-c4cnn(C)c4)ccc3=O)c2F)nc1. The molecule has 3 heterocycles. The summed E-state index contributed by atoms with van der Waals surface area (Å²) in [5.74, 6) is 0.272. The number of nitrogens with zero attached hydrogens (tertiary/aromatic N) is 6. The first-order valence-electron chi connectivity index (χ1n) is 9.35. The van der Waals surface area contributed by atoms with Gasteiger partial charge in [-0.3, -0.25) is 9.48 Å². The molecule has 0 spiro atoms. The van der Waals surface area contributed by atoms with Gasteiger partial charge in [0.05, 0.1) is 37.0 Å². The molecule has 4 aromatic rings. The molecular formula is C21H19FN6O2. The van der Waals surface area contributed by atoms with Crippen LogP contribution in [0, 0.1) is 5.82 Å². The van der Waals surface area contributed by atoms with Crippen LogP contribution in [0.3, 0.4) is 0 Å². The van der Waals surface area contributed by atoms with Crippen LogP contribution in [0.15, 0.2) is 60.0 Å². The van der Waals surface area contributed by atoms with Crippen LogP contribution in [0.2, 0.25) is 0 Å². The topological polar surface area (TPSA) is 87.7 Å². The van der Waals surface area contributed by atoms with Gasteiger partial charge in [-0.15, -0.1) is 0 Å². The number of aromatic nitrogens is 6. The number of rotatable bonds is 6. The normalized spacial score (nSPS) is 10.9. The molecule has 0 unspecified atom stereocenters. The van der Waals surface area contributed by atoms with E-state index in [1.54, 1.807) is 53.2 Å². The summed E-state index contributed by atoms with van der Waals surface area (Å²) in [6.45, 7) is 2.35. The van der Waals surface area contributed by atoms with Crippen LogP contribution in [-0.4, -0.2) is 36.1 Å². The minimum Gasteiger partial charge on any atom is -0.491 e. The first-order valence-corrected chi connectivity index (χ1v) is 9.35. The molecule has 8 nitrogen and oxygen atoms in total. The zero-order valence-electron chi connectivity index (χ0n) is 16.5. The molecular weight excluding hydrogens is 387 g/mol. The van der Waals surface area contributed by atoms with Crippen LogP contribution < -0.4 is 10.2 Å². The van der Waals surface area contributed by atoms with E-state index in [-0.39, 0.29) is 28.9 Å². The molecule has 0 saturated carbocycles. The van der Waals surface area contributed by atoms with Crippen molar-refractivity contribution in [3.63, 3.8) is 0 Å². The molecule has 0 radical (unpaired) electrons. The van der Waals surface area contributed by atoms with Gasteiger partial charge in [0.1, 0.15) is 17.2 Å². The third-order valence-electron chi connectivity index (χ3n) is 4.45. The molecule has 0 saturated heterocycles. The van der Waals surface area contributed by atoms with E-state index in [9.17, 15) is 4.79 Å².